The predicted octanol–water partition coefficient (Wildman–Crippen LogP) is -0.417. The van der Waals surface area contributed by atoms with Crippen molar-refractivity contribution < 1.29 is 86.2 Å². The van der Waals surface area contributed by atoms with Crippen molar-refractivity contribution >= 4 is 71.0 Å². The van der Waals surface area contributed by atoms with Gasteiger partial charge in [-0.1, -0.05) is 22.3 Å². The second-order valence-electron chi connectivity index (χ2n) is 14.8. The molecule has 24 nitrogen and oxygen atoms in total. The summed E-state index contributed by atoms with van der Waals surface area (Å²) in [6.45, 7) is 0.346. The molecule has 0 aromatic carbocycles. The van der Waals surface area contributed by atoms with Gasteiger partial charge in [0.15, 0.2) is 0 Å². The van der Waals surface area contributed by atoms with Gasteiger partial charge >= 0.3 is 11.9 Å². The van der Waals surface area contributed by atoms with Gasteiger partial charge in [0.05, 0.1) is 64.5 Å². The van der Waals surface area contributed by atoms with E-state index < -0.39 is 82.5 Å². The fourth-order valence-electron chi connectivity index (χ4n) is 6.10. The van der Waals surface area contributed by atoms with Crippen molar-refractivity contribution in [1.82, 2.24) is 30.6 Å². The second-order valence-corrected chi connectivity index (χ2v) is 14.8. The van der Waals surface area contributed by atoms with Crippen LogP contribution in [0.15, 0.2) is 24.3 Å². The molecule has 0 radical (unpaired) electrons. The molecule has 66 heavy (non-hydrogen) atoms. The minimum atomic E-state index is -1.20. The molecule has 0 bridgehead atoms. The van der Waals surface area contributed by atoms with Crippen LogP contribution in [0.2, 0.25) is 0 Å². The Kier molecular flexibility index (Phi) is 25.1. The summed E-state index contributed by atoms with van der Waals surface area (Å²) in [5, 5.41) is 6.20. The van der Waals surface area contributed by atoms with Gasteiger partial charge in [-0.2, -0.15) is 0 Å². The van der Waals surface area contributed by atoms with E-state index in [-0.39, 0.29) is 146 Å². The summed E-state index contributed by atoms with van der Waals surface area (Å²) in [7, 11) is 0. The zero-order chi connectivity index (χ0) is 45.9. The van der Waals surface area contributed by atoms with Gasteiger partial charge < -0.3 is 39.3 Å². The monoisotopic (exact) mass is 938 g/mol. The number of imide groups is 4. The van der Waals surface area contributed by atoms with Crippen LogP contribution in [0.4, 0.5) is 0 Å². The molecular weight excluding hydrogens is 876 g/mol. The number of hydroxylamine groups is 4. The van der Waals surface area contributed by atoms with E-state index in [0.717, 1.165) is 34.1 Å². The molecule has 2 saturated heterocycles. The quantitative estimate of drug-likeness (QED) is 0.0711. The molecule has 4 aliphatic rings. The normalized spacial score (nSPS) is 16.1. The number of amides is 10. The second kappa shape index (κ2) is 28.6. The van der Waals surface area contributed by atoms with E-state index in [9.17, 15) is 57.5 Å². The van der Waals surface area contributed by atoms with Gasteiger partial charge in [0.2, 0.25) is 11.8 Å². The molecule has 0 aromatic heterocycles. The van der Waals surface area contributed by atoms with Crippen LogP contribution in [0.3, 0.4) is 0 Å². The number of nitrogens with one attached hydrogen (secondary N) is 2. The molecule has 2 N–H and O–H groups in total. The van der Waals surface area contributed by atoms with Gasteiger partial charge in [0, 0.05) is 95.1 Å². The number of hydrogen-bond acceptors (Lipinski definition) is 18. The Morgan fingerprint density at radius 3 is 1.36 bits per heavy atom. The first-order chi connectivity index (χ1) is 30.1. The summed E-state index contributed by atoms with van der Waals surface area (Å²) in [6, 6.07) is -0.584. The summed E-state index contributed by atoms with van der Waals surface area (Å²) < 4.78 is 23.7. The van der Waals surface area contributed by atoms with E-state index in [1.165, 1.54) is 0 Å². The van der Waals surface area contributed by atoms with Crippen molar-refractivity contribution in [2.24, 2.45) is 5.41 Å². The SMILES string of the molecule is C.C.C.CC(COCC(COCCCNC(=O)CCN1C(=O)C=CC1=O)(COCCC(=O)ON1C(=O)CCC1=O)COCCC(=O)ON1C(=O)CCC1=O)NC(=O)CCN1C(=O)C=CC1=O. The van der Waals surface area contributed by atoms with Crippen molar-refractivity contribution in [2.45, 2.75) is 93.0 Å². The first kappa shape index (κ1) is 57.8. The molecule has 24 heteroatoms. The highest BCUT2D eigenvalue weighted by atomic mass is 16.7. The first-order valence-corrected chi connectivity index (χ1v) is 20.1. The molecule has 4 heterocycles. The average molecular weight is 939 g/mol. The van der Waals surface area contributed by atoms with Crippen LogP contribution in [0, 0.1) is 5.41 Å². The van der Waals surface area contributed by atoms with E-state index in [0.29, 0.717) is 16.5 Å². The molecule has 4 aliphatic heterocycles. The topological polar surface area (TPSA) is 297 Å². The minimum Gasteiger partial charge on any atom is -0.381 e. The van der Waals surface area contributed by atoms with Gasteiger partial charge in [-0.25, -0.2) is 9.59 Å². The lowest BCUT2D eigenvalue weighted by Crippen LogP contribution is -2.44. The summed E-state index contributed by atoms with van der Waals surface area (Å²) in [6.07, 6.45) is 3.37. The maximum absolute atomic E-state index is 12.6. The van der Waals surface area contributed by atoms with Crippen molar-refractivity contribution in [2.75, 3.05) is 72.5 Å². The Labute approximate surface area is 382 Å². The molecule has 10 amide bonds. The van der Waals surface area contributed by atoms with E-state index in [2.05, 4.69) is 10.6 Å². The van der Waals surface area contributed by atoms with Gasteiger partial charge in [-0.05, 0) is 13.3 Å². The van der Waals surface area contributed by atoms with Crippen LogP contribution in [0.5, 0.6) is 0 Å². The molecule has 2 fully saturated rings. The molecule has 0 saturated carbocycles. The number of nitrogens with zero attached hydrogens (tertiary/aromatic N) is 4. The molecule has 0 spiro atoms. The van der Waals surface area contributed by atoms with E-state index in [4.69, 9.17) is 28.6 Å². The Morgan fingerprint density at radius 2 is 0.939 bits per heavy atom. The van der Waals surface area contributed by atoms with Crippen LogP contribution in [-0.2, 0) is 86.2 Å². The number of rotatable bonds is 29. The zero-order valence-corrected chi connectivity index (χ0v) is 34.7. The highest BCUT2D eigenvalue weighted by Crippen LogP contribution is 2.22. The molecule has 0 aliphatic carbocycles. The smallest absolute Gasteiger partial charge is 0.335 e. The molecule has 4 rings (SSSR count). The number of carbonyl (C=O) groups is 12. The van der Waals surface area contributed by atoms with Gasteiger partial charge in [-0.3, -0.25) is 57.7 Å². The highest BCUT2D eigenvalue weighted by molar-refractivity contribution is 6.13. The predicted molar refractivity (Wildman–Crippen MR) is 226 cm³/mol. The third-order valence-corrected chi connectivity index (χ3v) is 9.42. The Morgan fingerprint density at radius 1 is 0.561 bits per heavy atom. The van der Waals surface area contributed by atoms with E-state index >= 15 is 0 Å². The van der Waals surface area contributed by atoms with Crippen LogP contribution >= 0.6 is 0 Å². The maximum Gasteiger partial charge on any atom is 0.335 e. The molecule has 1 atom stereocenters. The Balaban J connectivity index is 0.00000726. The molecule has 1 unspecified atom stereocenters. The number of ether oxygens (including phenoxy) is 4. The average Bonchev–Trinajstić information content (AvgIpc) is 3.95. The van der Waals surface area contributed by atoms with Crippen LogP contribution in [0.25, 0.3) is 0 Å². The Bertz CT molecular complexity index is 1740. The van der Waals surface area contributed by atoms with Crippen molar-refractivity contribution in [1.29, 1.82) is 0 Å². The van der Waals surface area contributed by atoms with Crippen molar-refractivity contribution in [3.8, 4) is 0 Å². The lowest BCUT2D eigenvalue weighted by molar-refractivity contribution is -0.198. The van der Waals surface area contributed by atoms with Crippen LogP contribution in [0.1, 0.15) is 87.0 Å². The van der Waals surface area contributed by atoms with Crippen molar-refractivity contribution in [3.63, 3.8) is 0 Å². The highest BCUT2D eigenvalue weighted by Gasteiger charge is 2.36. The first-order valence-electron chi connectivity index (χ1n) is 20.1. The third kappa shape index (κ3) is 18.3. The standard InChI is InChI=1S/C39H50N6O18.3CH4/c1-26(41-28(47)12-17-43-31(50)5-6-32(43)51)21-61-25-39(23-59-19-13-37(56)62-44-33(52)7-8-34(44)53,24-60-20-14-38(57)63-45-35(54)9-10-36(45)55)22-58-18-2-15-40-27(46)11-16-42-29(48)3-4-30(42)49;;;/h3-6,26H,2,7-25H2,1H3,(H,40,46)(H,41,47);3*1H4. The van der Waals surface area contributed by atoms with Crippen LogP contribution < -0.4 is 10.6 Å². The fourth-order valence-corrected chi connectivity index (χ4v) is 6.10. The Hall–Kier alpha value is -6.24. The zero-order valence-electron chi connectivity index (χ0n) is 34.7. The van der Waals surface area contributed by atoms with E-state index in [1.54, 1.807) is 6.92 Å². The van der Waals surface area contributed by atoms with Gasteiger partial charge in [-0.15, -0.1) is 10.1 Å². The molecule has 0 aromatic rings. The summed E-state index contributed by atoms with van der Waals surface area (Å²) in [5.74, 6) is -7.40. The minimum absolute atomic E-state index is 0. The fraction of sp³-hybridized carbons (Fsp3) is 0.619. The van der Waals surface area contributed by atoms with Gasteiger partial charge in [0.1, 0.15) is 0 Å². The summed E-state index contributed by atoms with van der Waals surface area (Å²) in [4.78, 5) is 156. The molecule has 368 valence electrons. The maximum atomic E-state index is 12.6. The summed E-state index contributed by atoms with van der Waals surface area (Å²) >= 11 is 0. The van der Waals surface area contributed by atoms with E-state index in [1.807, 2.05) is 0 Å². The molecular formula is C42H62N6O18. The number of carbonyl (C=O) groups excluding carboxylic acids is 12. The largest absolute Gasteiger partial charge is 0.381 e. The lowest BCUT2D eigenvalue weighted by atomic mass is 9.92. The summed E-state index contributed by atoms with van der Waals surface area (Å²) in [5.41, 5.74) is -1.20. The third-order valence-electron chi connectivity index (χ3n) is 9.42. The van der Waals surface area contributed by atoms with Crippen molar-refractivity contribution in [3.05, 3.63) is 24.3 Å². The lowest BCUT2D eigenvalue weighted by Gasteiger charge is -2.33. The number of hydrogen-bond donors (Lipinski definition) is 2. The van der Waals surface area contributed by atoms with Gasteiger partial charge in [0.25, 0.3) is 47.3 Å². The van der Waals surface area contributed by atoms with Crippen LogP contribution in [-0.4, -0.2) is 169 Å².